The van der Waals surface area contributed by atoms with Gasteiger partial charge in [-0.1, -0.05) is 36.0 Å². The number of benzene rings is 2. The van der Waals surface area contributed by atoms with Crippen molar-refractivity contribution in [2.24, 2.45) is 0 Å². The number of hydrogen-bond acceptors (Lipinski definition) is 3. The number of hydrogen-bond donors (Lipinski definition) is 1. The first-order chi connectivity index (χ1) is 11.4. The van der Waals surface area contributed by atoms with Gasteiger partial charge in [-0.15, -0.1) is 0 Å². The minimum absolute atomic E-state index is 0.893. The van der Waals surface area contributed by atoms with E-state index in [4.69, 9.17) is 4.74 Å². The summed E-state index contributed by atoms with van der Waals surface area (Å²) in [4.78, 5) is 9.83. The summed E-state index contributed by atoms with van der Waals surface area (Å²) in [6.45, 7) is 0. The van der Waals surface area contributed by atoms with Gasteiger partial charge in [0.1, 0.15) is 17.1 Å². The van der Waals surface area contributed by atoms with Crippen LogP contribution in [0.15, 0.2) is 76.8 Å². The molecule has 0 spiro atoms. The first-order valence-electron chi connectivity index (χ1n) is 7.40. The maximum absolute atomic E-state index is 6.24. The molecule has 3 heterocycles. The number of aromatic amines is 1. The van der Waals surface area contributed by atoms with E-state index in [0.29, 0.717) is 0 Å². The molecule has 4 aromatic rings. The van der Waals surface area contributed by atoms with Gasteiger partial charge in [-0.2, -0.15) is 0 Å². The molecule has 23 heavy (non-hydrogen) atoms. The van der Waals surface area contributed by atoms with E-state index in [1.165, 1.54) is 0 Å². The number of aromatic nitrogens is 2. The van der Waals surface area contributed by atoms with Crippen LogP contribution in [-0.4, -0.2) is 9.97 Å². The van der Waals surface area contributed by atoms with E-state index in [1.807, 2.05) is 36.7 Å². The number of nitrogens with one attached hydrogen (secondary N) is 1. The molecular weight excluding hydrogens is 304 g/mol. The summed E-state index contributed by atoms with van der Waals surface area (Å²) in [5.74, 6) is 1.83. The molecule has 110 valence electrons. The predicted octanol–water partition coefficient (Wildman–Crippen LogP) is 5.49. The smallest absolute Gasteiger partial charge is 0.149 e. The molecule has 1 N–H and O–H groups in total. The van der Waals surface area contributed by atoms with Crippen molar-refractivity contribution in [3.8, 4) is 22.6 Å². The number of para-hydroxylation sites is 2. The third-order valence-electron chi connectivity index (χ3n) is 4.01. The van der Waals surface area contributed by atoms with Crippen LogP contribution in [-0.2, 0) is 0 Å². The summed E-state index contributed by atoms with van der Waals surface area (Å²) in [5.41, 5.74) is 3.12. The van der Waals surface area contributed by atoms with Crippen LogP contribution < -0.4 is 4.74 Å². The first-order valence-corrected chi connectivity index (χ1v) is 8.22. The number of ether oxygens (including phenoxy) is 1. The topological polar surface area (TPSA) is 37.9 Å². The van der Waals surface area contributed by atoms with Gasteiger partial charge < -0.3 is 9.72 Å². The highest BCUT2D eigenvalue weighted by Gasteiger charge is 2.21. The van der Waals surface area contributed by atoms with Gasteiger partial charge in [0.05, 0.1) is 9.79 Å². The Kier molecular flexibility index (Phi) is 2.72. The molecule has 2 aromatic carbocycles. The number of nitrogens with zero attached hydrogens (tertiary/aromatic N) is 1. The highest BCUT2D eigenvalue weighted by molar-refractivity contribution is 7.99. The first kappa shape index (κ1) is 12.8. The van der Waals surface area contributed by atoms with Gasteiger partial charge in [0.15, 0.2) is 0 Å². The lowest BCUT2D eigenvalue weighted by molar-refractivity contribution is 0.456. The summed E-state index contributed by atoms with van der Waals surface area (Å²) in [6.07, 6.45) is 3.75. The van der Waals surface area contributed by atoms with Crippen molar-refractivity contribution in [3.05, 3.63) is 67.0 Å². The zero-order chi connectivity index (χ0) is 15.2. The molecular formula is C19H12N2OS. The van der Waals surface area contributed by atoms with Crippen molar-refractivity contribution in [1.82, 2.24) is 9.97 Å². The Hall–Kier alpha value is -2.72. The second-order valence-corrected chi connectivity index (χ2v) is 6.47. The van der Waals surface area contributed by atoms with Crippen molar-refractivity contribution in [2.45, 2.75) is 9.79 Å². The molecule has 0 bridgehead atoms. The Morgan fingerprint density at radius 2 is 1.78 bits per heavy atom. The van der Waals surface area contributed by atoms with Crippen molar-refractivity contribution >= 4 is 22.8 Å². The monoisotopic (exact) mass is 316 g/mol. The fraction of sp³-hybridized carbons (Fsp3) is 0. The summed E-state index contributed by atoms with van der Waals surface area (Å²) in [7, 11) is 0. The third kappa shape index (κ3) is 1.95. The van der Waals surface area contributed by atoms with Gasteiger partial charge >= 0.3 is 0 Å². The van der Waals surface area contributed by atoms with Crippen LogP contribution >= 0.6 is 11.8 Å². The Morgan fingerprint density at radius 1 is 0.870 bits per heavy atom. The minimum Gasteiger partial charge on any atom is -0.454 e. The van der Waals surface area contributed by atoms with E-state index in [1.54, 1.807) is 11.8 Å². The molecule has 0 amide bonds. The van der Waals surface area contributed by atoms with E-state index in [0.717, 1.165) is 43.5 Å². The van der Waals surface area contributed by atoms with Crippen molar-refractivity contribution in [3.63, 3.8) is 0 Å². The fourth-order valence-corrected chi connectivity index (χ4v) is 3.94. The summed E-state index contributed by atoms with van der Waals surface area (Å²) < 4.78 is 6.24. The Balaban J connectivity index is 1.74. The number of fused-ring (bicyclic) bond motifs is 3. The van der Waals surface area contributed by atoms with Gasteiger partial charge in [-0.3, -0.25) is 0 Å². The van der Waals surface area contributed by atoms with Gasteiger partial charge in [-0.05, 0) is 35.9 Å². The average molecular weight is 316 g/mol. The van der Waals surface area contributed by atoms with Crippen LogP contribution in [0.25, 0.3) is 22.2 Å². The van der Waals surface area contributed by atoms with Crippen LogP contribution in [0.5, 0.6) is 11.5 Å². The zero-order valence-electron chi connectivity index (χ0n) is 12.1. The second kappa shape index (κ2) is 4.89. The molecule has 4 heteroatoms. The van der Waals surface area contributed by atoms with Gasteiger partial charge in [0.2, 0.25) is 0 Å². The van der Waals surface area contributed by atoms with Gasteiger partial charge in [0.25, 0.3) is 0 Å². The molecule has 0 saturated carbocycles. The largest absolute Gasteiger partial charge is 0.454 e. The maximum atomic E-state index is 6.24. The number of rotatable bonds is 1. The summed E-state index contributed by atoms with van der Waals surface area (Å²) in [6, 6.07) is 18.5. The van der Waals surface area contributed by atoms with Crippen molar-refractivity contribution in [1.29, 1.82) is 0 Å². The van der Waals surface area contributed by atoms with E-state index < -0.39 is 0 Å². The van der Waals surface area contributed by atoms with E-state index in [2.05, 4.69) is 40.3 Å². The molecule has 2 aromatic heterocycles. The summed E-state index contributed by atoms with van der Waals surface area (Å²) >= 11 is 1.75. The van der Waals surface area contributed by atoms with Crippen LogP contribution in [0.2, 0.25) is 0 Å². The van der Waals surface area contributed by atoms with E-state index in [9.17, 15) is 0 Å². The average Bonchev–Trinajstić information content (AvgIpc) is 3.08. The SMILES string of the molecule is c1ccc2c(c1)Oc1c(cccc1-c1ccnc3[nH]ccc13)S2. The molecule has 0 fully saturated rings. The van der Waals surface area contributed by atoms with Crippen molar-refractivity contribution in [2.75, 3.05) is 0 Å². The van der Waals surface area contributed by atoms with Crippen molar-refractivity contribution < 1.29 is 4.74 Å². The third-order valence-corrected chi connectivity index (χ3v) is 5.11. The van der Waals surface area contributed by atoms with Crippen LogP contribution in [0.1, 0.15) is 0 Å². The Morgan fingerprint density at radius 3 is 2.78 bits per heavy atom. The molecule has 0 aliphatic carbocycles. The van der Waals surface area contributed by atoms with Gasteiger partial charge in [0, 0.05) is 23.3 Å². The lowest BCUT2D eigenvalue weighted by atomic mass is 10.0. The highest BCUT2D eigenvalue weighted by Crippen LogP contribution is 2.51. The molecule has 0 saturated heterocycles. The van der Waals surface area contributed by atoms with E-state index >= 15 is 0 Å². The van der Waals surface area contributed by atoms with Crippen LogP contribution in [0.4, 0.5) is 0 Å². The fourth-order valence-electron chi connectivity index (χ4n) is 2.96. The van der Waals surface area contributed by atoms with E-state index in [-0.39, 0.29) is 0 Å². The standard InChI is InChI=1S/C19H12N2OS/c1-2-6-16-15(5-1)22-18-13(4-3-7-17(18)23-16)12-8-10-20-19-14(12)9-11-21-19/h1-11H,(H,20,21). The Bertz CT molecular complexity index is 1040. The number of pyridine rings is 1. The number of H-pyrrole nitrogens is 1. The van der Waals surface area contributed by atoms with Crippen LogP contribution in [0.3, 0.4) is 0 Å². The minimum atomic E-state index is 0.893. The lowest BCUT2D eigenvalue weighted by Crippen LogP contribution is -1.97. The molecule has 1 aliphatic heterocycles. The molecule has 0 unspecified atom stereocenters. The maximum Gasteiger partial charge on any atom is 0.149 e. The zero-order valence-corrected chi connectivity index (χ0v) is 12.9. The van der Waals surface area contributed by atoms with Crippen LogP contribution in [0, 0.1) is 0 Å². The molecule has 0 radical (unpaired) electrons. The molecule has 0 atom stereocenters. The molecule has 3 nitrogen and oxygen atoms in total. The van der Waals surface area contributed by atoms with Gasteiger partial charge in [-0.25, -0.2) is 4.98 Å². The predicted molar refractivity (Wildman–Crippen MR) is 92.2 cm³/mol. The Labute approximate surface area is 137 Å². The second-order valence-electron chi connectivity index (χ2n) is 5.38. The summed E-state index contributed by atoms with van der Waals surface area (Å²) in [5, 5.41) is 1.10. The molecule has 1 aliphatic rings. The highest BCUT2D eigenvalue weighted by atomic mass is 32.2. The quantitative estimate of drug-likeness (QED) is 0.444. The lowest BCUT2D eigenvalue weighted by Gasteiger charge is -2.22. The normalized spacial score (nSPS) is 12.5. The molecule has 5 rings (SSSR count).